The lowest BCUT2D eigenvalue weighted by Crippen LogP contribution is -2.19. The fraction of sp³-hybridized carbons (Fsp3) is 0.600. The van der Waals surface area contributed by atoms with Gasteiger partial charge in [-0.25, -0.2) is 4.79 Å². The van der Waals surface area contributed by atoms with Crippen LogP contribution in [0.4, 0.5) is 5.00 Å². The first kappa shape index (κ1) is 11.3. The van der Waals surface area contributed by atoms with Crippen LogP contribution in [0, 0.1) is 6.92 Å². The molecule has 88 valence electrons. The molecule has 1 fully saturated rings. The summed E-state index contributed by atoms with van der Waals surface area (Å²) in [6.45, 7) is 3.17. The lowest BCUT2D eigenvalue weighted by Gasteiger charge is -2.10. The van der Waals surface area contributed by atoms with Crippen molar-refractivity contribution in [3.05, 3.63) is 11.3 Å². The Morgan fingerprint density at radius 3 is 3.19 bits per heavy atom. The van der Waals surface area contributed by atoms with Gasteiger partial charge in [0.2, 0.25) is 0 Å². The van der Waals surface area contributed by atoms with E-state index in [9.17, 15) is 4.79 Å². The molecule has 0 amide bonds. The van der Waals surface area contributed by atoms with Crippen LogP contribution in [0.1, 0.15) is 28.9 Å². The maximum absolute atomic E-state index is 11.0. The highest BCUT2D eigenvalue weighted by molar-refractivity contribution is 7.10. The Morgan fingerprint density at radius 2 is 2.56 bits per heavy atom. The highest BCUT2D eigenvalue weighted by Gasteiger charge is 2.20. The van der Waals surface area contributed by atoms with Crippen LogP contribution < -0.4 is 5.32 Å². The molecule has 5 nitrogen and oxygen atoms in total. The summed E-state index contributed by atoms with van der Waals surface area (Å²) >= 11 is 1.19. The average molecular weight is 242 g/mol. The van der Waals surface area contributed by atoms with E-state index >= 15 is 0 Å². The second-order valence-electron chi connectivity index (χ2n) is 3.79. The Kier molecular flexibility index (Phi) is 3.40. The van der Waals surface area contributed by atoms with Crippen molar-refractivity contribution in [2.45, 2.75) is 25.9 Å². The van der Waals surface area contributed by atoms with Crippen LogP contribution >= 0.6 is 11.5 Å². The molecular weight excluding hydrogens is 228 g/mol. The van der Waals surface area contributed by atoms with Gasteiger partial charge < -0.3 is 15.2 Å². The van der Waals surface area contributed by atoms with Gasteiger partial charge >= 0.3 is 5.97 Å². The largest absolute Gasteiger partial charge is 0.478 e. The van der Waals surface area contributed by atoms with E-state index in [1.54, 1.807) is 6.92 Å². The van der Waals surface area contributed by atoms with Gasteiger partial charge in [0, 0.05) is 13.2 Å². The minimum atomic E-state index is -0.930. The Morgan fingerprint density at radius 1 is 1.75 bits per heavy atom. The monoisotopic (exact) mass is 242 g/mol. The second kappa shape index (κ2) is 4.80. The molecule has 0 spiro atoms. The van der Waals surface area contributed by atoms with E-state index in [4.69, 9.17) is 9.84 Å². The maximum atomic E-state index is 11.0. The van der Waals surface area contributed by atoms with Crippen molar-refractivity contribution in [1.82, 2.24) is 4.37 Å². The minimum absolute atomic E-state index is 0.198. The molecular formula is C10H14N2O3S. The van der Waals surface area contributed by atoms with Gasteiger partial charge in [-0.15, -0.1) is 0 Å². The molecule has 6 heteroatoms. The van der Waals surface area contributed by atoms with Gasteiger partial charge in [0.1, 0.15) is 10.6 Å². The molecule has 0 saturated carbocycles. The number of aryl methyl sites for hydroxylation is 1. The summed E-state index contributed by atoms with van der Waals surface area (Å²) in [5.74, 6) is -0.930. The molecule has 2 N–H and O–H groups in total. The molecule has 0 aromatic carbocycles. The summed E-state index contributed by atoms with van der Waals surface area (Å²) in [5, 5.41) is 12.8. The van der Waals surface area contributed by atoms with Gasteiger partial charge in [-0.2, -0.15) is 4.37 Å². The third-order valence-corrected chi connectivity index (χ3v) is 3.49. The van der Waals surface area contributed by atoms with Crippen LogP contribution in [0.2, 0.25) is 0 Å². The van der Waals surface area contributed by atoms with E-state index in [0.29, 0.717) is 17.2 Å². The number of carboxylic acids is 1. The average Bonchev–Trinajstić information content (AvgIpc) is 2.83. The van der Waals surface area contributed by atoms with E-state index < -0.39 is 5.97 Å². The van der Waals surface area contributed by atoms with Gasteiger partial charge in [0.05, 0.1) is 11.8 Å². The van der Waals surface area contributed by atoms with Gasteiger partial charge in [-0.1, -0.05) is 0 Å². The maximum Gasteiger partial charge on any atom is 0.340 e. The molecule has 1 saturated heterocycles. The number of nitrogens with zero attached hydrogens (tertiary/aromatic N) is 1. The fourth-order valence-corrected chi connectivity index (χ4v) is 2.55. The van der Waals surface area contributed by atoms with E-state index in [-0.39, 0.29) is 11.7 Å². The van der Waals surface area contributed by atoms with Crippen LogP contribution in [-0.2, 0) is 4.74 Å². The fourth-order valence-electron chi connectivity index (χ4n) is 1.75. The molecule has 1 aromatic rings. The quantitative estimate of drug-likeness (QED) is 0.841. The normalized spacial score (nSPS) is 19.9. The zero-order valence-electron chi connectivity index (χ0n) is 9.02. The summed E-state index contributed by atoms with van der Waals surface area (Å²) in [6.07, 6.45) is 2.32. The molecule has 2 rings (SSSR count). The van der Waals surface area contributed by atoms with Crippen molar-refractivity contribution in [3.8, 4) is 0 Å². The molecule has 1 atom stereocenters. The van der Waals surface area contributed by atoms with Gasteiger partial charge in [0.15, 0.2) is 0 Å². The molecule has 0 aliphatic carbocycles. The summed E-state index contributed by atoms with van der Waals surface area (Å²) in [4.78, 5) is 11.0. The van der Waals surface area contributed by atoms with Crippen molar-refractivity contribution in [2.24, 2.45) is 0 Å². The molecule has 2 heterocycles. The predicted molar refractivity (Wildman–Crippen MR) is 61.3 cm³/mol. The number of hydrogen-bond donors (Lipinski definition) is 2. The van der Waals surface area contributed by atoms with Crippen molar-refractivity contribution in [1.29, 1.82) is 0 Å². The van der Waals surface area contributed by atoms with Crippen molar-refractivity contribution in [3.63, 3.8) is 0 Å². The van der Waals surface area contributed by atoms with Crippen LogP contribution in [0.15, 0.2) is 0 Å². The number of hydrogen-bond acceptors (Lipinski definition) is 5. The number of nitrogens with one attached hydrogen (secondary N) is 1. The second-order valence-corrected chi connectivity index (χ2v) is 4.57. The minimum Gasteiger partial charge on any atom is -0.478 e. The Labute approximate surface area is 97.6 Å². The number of carboxylic acid groups (broad SMARTS) is 1. The third kappa shape index (κ3) is 2.33. The first-order chi connectivity index (χ1) is 7.68. The van der Waals surface area contributed by atoms with Crippen molar-refractivity contribution >= 4 is 22.5 Å². The number of carbonyl (C=O) groups is 1. The van der Waals surface area contributed by atoms with Gasteiger partial charge in [-0.3, -0.25) is 0 Å². The number of rotatable bonds is 4. The highest BCUT2D eigenvalue weighted by atomic mass is 32.1. The first-order valence-electron chi connectivity index (χ1n) is 5.23. The van der Waals surface area contributed by atoms with Gasteiger partial charge in [-0.05, 0) is 31.3 Å². The first-order valence-corrected chi connectivity index (χ1v) is 6.01. The van der Waals surface area contributed by atoms with Gasteiger partial charge in [0.25, 0.3) is 0 Å². The number of ether oxygens (including phenoxy) is 1. The standard InChI is InChI=1S/C10H14N2O3S/c1-6-8(10(13)14)9(16-12-6)11-5-7-3-2-4-15-7/h7,11H,2-5H2,1H3,(H,13,14). The van der Waals surface area contributed by atoms with E-state index in [2.05, 4.69) is 9.69 Å². The van der Waals surface area contributed by atoms with Crippen molar-refractivity contribution in [2.75, 3.05) is 18.5 Å². The molecule has 1 aliphatic heterocycles. The highest BCUT2D eigenvalue weighted by Crippen LogP contribution is 2.25. The SMILES string of the molecule is Cc1nsc(NCC2CCCO2)c1C(=O)O. The van der Waals surface area contributed by atoms with Crippen LogP contribution in [-0.4, -0.2) is 34.7 Å². The Balaban J connectivity index is 2.00. The van der Waals surface area contributed by atoms with E-state index in [0.717, 1.165) is 19.4 Å². The Bertz CT molecular complexity index is 385. The lowest BCUT2D eigenvalue weighted by molar-refractivity contribution is 0.0697. The van der Waals surface area contributed by atoms with Crippen molar-refractivity contribution < 1.29 is 14.6 Å². The number of aromatic carboxylic acids is 1. The number of anilines is 1. The molecule has 1 unspecified atom stereocenters. The lowest BCUT2D eigenvalue weighted by atomic mass is 10.2. The number of aromatic nitrogens is 1. The molecule has 0 bridgehead atoms. The Hall–Kier alpha value is -1.14. The molecule has 1 aliphatic rings. The summed E-state index contributed by atoms with van der Waals surface area (Å²) in [5.41, 5.74) is 0.843. The summed E-state index contributed by atoms with van der Waals surface area (Å²) < 4.78 is 9.50. The molecule has 0 radical (unpaired) electrons. The summed E-state index contributed by atoms with van der Waals surface area (Å²) in [7, 11) is 0. The molecule has 16 heavy (non-hydrogen) atoms. The van der Waals surface area contributed by atoms with Crippen LogP contribution in [0.5, 0.6) is 0 Å². The zero-order chi connectivity index (χ0) is 11.5. The smallest absolute Gasteiger partial charge is 0.340 e. The van der Waals surface area contributed by atoms with E-state index in [1.807, 2.05) is 0 Å². The predicted octanol–water partition coefficient (Wildman–Crippen LogP) is 1.74. The topological polar surface area (TPSA) is 71.5 Å². The third-order valence-electron chi connectivity index (χ3n) is 2.59. The van der Waals surface area contributed by atoms with Crippen LogP contribution in [0.25, 0.3) is 0 Å². The zero-order valence-corrected chi connectivity index (χ0v) is 9.84. The van der Waals surface area contributed by atoms with E-state index in [1.165, 1.54) is 11.5 Å². The summed E-state index contributed by atoms with van der Waals surface area (Å²) in [6, 6.07) is 0. The molecule has 1 aromatic heterocycles. The van der Waals surface area contributed by atoms with Crippen LogP contribution in [0.3, 0.4) is 0 Å².